The topological polar surface area (TPSA) is 87.3 Å². The molecule has 17 heavy (non-hydrogen) atoms. The van der Waals surface area contributed by atoms with Gasteiger partial charge in [0.2, 0.25) is 0 Å². The summed E-state index contributed by atoms with van der Waals surface area (Å²) in [6.07, 6.45) is -0.472. The van der Waals surface area contributed by atoms with Crippen molar-refractivity contribution >= 4 is 17.7 Å². The fourth-order valence-corrected chi connectivity index (χ4v) is 1.54. The summed E-state index contributed by atoms with van der Waals surface area (Å²) in [4.78, 5) is 10.7. The Morgan fingerprint density at radius 3 is 2.71 bits per heavy atom. The van der Waals surface area contributed by atoms with Crippen LogP contribution < -0.4 is 10.5 Å². The van der Waals surface area contributed by atoms with Crippen LogP contribution in [-0.4, -0.2) is 29.0 Å². The van der Waals surface area contributed by atoms with E-state index in [9.17, 15) is 4.79 Å². The Morgan fingerprint density at radius 1 is 1.53 bits per heavy atom. The van der Waals surface area contributed by atoms with Crippen LogP contribution in [0.2, 0.25) is 5.15 Å². The third-order valence-corrected chi connectivity index (χ3v) is 2.23. The first-order valence-corrected chi connectivity index (χ1v) is 5.26. The van der Waals surface area contributed by atoms with Crippen LogP contribution in [0.3, 0.4) is 0 Å². The van der Waals surface area contributed by atoms with E-state index in [0.29, 0.717) is 17.9 Å². The van der Waals surface area contributed by atoms with E-state index in [2.05, 4.69) is 10.2 Å². The SMILES string of the molecule is COc1cc(CC(C)(C)OC(N)=O)nnc1Cl. The van der Waals surface area contributed by atoms with Gasteiger partial charge in [-0.1, -0.05) is 11.6 Å². The number of primary amides is 1. The van der Waals surface area contributed by atoms with Gasteiger partial charge in [-0.15, -0.1) is 5.10 Å². The van der Waals surface area contributed by atoms with Crippen LogP contribution in [0.1, 0.15) is 19.5 Å². The van der Waals surface area contributed by atoms with Crippen molar-refractivity contribution in [2.24, 2.45) is 5.73 Å². The van der Waals surface area contributed by atoms with E-state index < -0.39 is 11.7 Å². The van der Waals surface area contributed by atoms with E-state index in [4.69, 9.17) is 26.8 Å². The molecule has 1 amide bonds. The fraction of sp³-hybridized carbons (Fsp3) is 0.500. The molecule has 2 N–H and O–H groups in total. The summed E-state index contributed by atoms with van der Waals surface area (Å²) in [5.74, 6) is 0.423. The minimum absolute atomic E-state index is 0.185. The molecule has 0 radical (unpaired) electrons. The van der Waals surface area contributed by atoms with Crippen molar-refractivity contribution in [1.29, 1.82) is 0 Å². The molecular weight excluding hydrogens is 246 g/mol. The highest BCUT2D eigenvalue weighted by Gasteiger charge is 2.23. The molecule has 1 aromatic rings. The van der Waals surface area contributed by atoms with Gasteiger partial charge in [-0.05, 0) is 13.8 Å². The van der Waals surface area contributed by atoms with Gasteiger partial charge in [0.1, 0.15) is 5.60 Å². The average molecular weight is 260 g/mol. The molecule has 6 nitrogen and oxygen atoms in total. The smallest absolute Gasteiger partial charge is 0.405 e. The highest BCUT2D eigenvalue weighted by atomic mass is 35.5. The summed E-state index contributed by atoms with van der Waals surface area (Å²) in [5, 5.41) is 7.80. The average Bonchev–Trinajstić information content (AvgIpc) is 2.18. The molecule has 0 aliphatic rings. The highest BCUT2D eigenvalue weighted by molar-refractivity contribution is 6.30. The number of halogens is 1. The van der Waals surface area contributed by atoms with Gasteiger partial charge >= 0.3 is 6.09 Å². The zero-order valence-corrected chi connectivity index (χ0v) is 10.6. The zero-order chi connectivity index (χ0) is 13.1. The van der Waals surface area contributed by atoms with E-state index in [-0.39, 0.29) is 5.15 Å². The van der Waals surface area contributed by atoms with Crippen molar-refractivity contribution in [3.8, 4) is 5.75 Å². The summed E-state index contributed by atoms with van der Waals surface area (Å²) in [7, 11) is 1.48. The van der Waals surface area contributed by atoms with E-state index in [1.807, 2.05) is 0 Å². The lowest BCUT2D eigenvalue weighted by molar-refractivity contribution is 0.0452. The van der Waals surface area contributed by atoms with E-state index >= 15 is 0 Å². The summed E-state index contributed by atoms with van der Waals surface area (Å²) in [6, 6.07) is 1.64. The fourth-order valence-electron chi connectivity index (χ4n) is 1.37. The molecule has 0 saturated heterocycles. The Balaban J connectivity index is 2.84. The largest absolute Gasteiger partial charge is 0.493 e. The van der Waals surface area contributed by atoms with Crippen molar-refractivity contribution in [3.05, 3.63) is 16.9 Å². The number of ether oxygens (including phenoxy) is 2. The summed E-state index contributed by atoms with van der Waals surface area (Å²) in [6.45, 7) is 3.45. The van der Waals surface area contributed by atoms with Gasteiger partial charge in [-0.2, -0.15) is 5.10 Å². The van der Waals surface area contributed by atoms with Gasteiger partial charge in [0.05, 0.1) is 12.8 Å². The highest BCUT2D eigenvalue weighted by Crippen LogP contribution is 2.23. The standard InChI is InChI=1S/C10H14ClN3O3/c1-10(2,17-9(12)15)5-6-4-7(16-3)8(11)14-13-6/h4H,5H2,1-3H3,(H2,12,15). The van der Waals surface area contributed by atoms with Crippen molar-refractivity contribution in [2.45, 2.75) is 25.9 Å². The molecule has 0 saturated carbocycles. The maximum absolute atomic E-state index is 10.7. The predicted molar refractivity (Wildman–Crippen MR) is 62.0 cm³/mol. The number of aromatic nitrogens is 2. The van der Waals surface area contributed by atoms with E-state index in [1.54, 1.807) is 19.9 Å². The molecule has 1 heterocycles. The third-order valence-electron chi connectivity index (χ3n) is 1.97. The Morgan fingerprint density at radius 2 is 2.18 bits per heavy atom. The second kappa shape index (κ2) is 5.18. The number of carbonyl (C=O) groups is 1. The molecule has 0 bridgehead atoms. The van der Waals surface area contributed by atoms with Crippen molar-refractivity contribution in [2.75, 3.05) is 7.11 Å². The van der Waals surface area contributed by atoms with Gasteiger partial charge in [0, 0.05) is 12.5 Å². The number of hydrogen-bond acceptors (Lipinski definition) is 5. The molecule has 0 aliphatic carbocycles. The summed E-state index contributed by atoms with van der Waals surface area (Å²) in [5.41, 5.74) is 4.80. The number of nitrogens with zero attached hydrogens (tertiary/aromatic N) is 2. The van der Waals surface area contributed by atoms with Gasteiger partial charge in [0.15, 0.2) is 10.9 Å². The maximum Gasteiger partial charge on any atom is 0.405 e. The van der Waals surface area contributed by atoms with E-state index in [0.717, 1.165) is 0 Å². The normalized spacial score (nSPS) is 11.1. The minimum Gasteiger partial charge on any atom is -0.493 e. The molecule has 0 spiro atoms. The maximum atomic E-state index is 10.7. The Bertz CT molecular complexity index is 423. The second-order valence-corrected chi connectivity index (χ2v) is 4.41. The molecule has 0 aromatic carbocycles. The first kappa shape index (κ1) is 13.5. The van der Waals surface area contributed by atoms with Crippen molar-refractivity contribution < 1.29 is 14.3 Å². The van der Waals surface area contributed by atoms with Crippen molar-refractivity contribution in [3.63, 3.8) is 0 Å². The Hall–Kier alpha value is -1.56. The van der Waals surface area contributed by atoms with Crippen LogP contribution in [0.15, 0.2) is 6.07 Å². The lowest BCUT2D eigenvalue weighted by atomic mass is 10.0. The van der Waals surface area contributed by atoms with Crippen LogP contribution in [0.5, 0.6) is 5.75 Å². The van der Waals surface area contributed by atoms with Crippen LogP contribution in [0, 0.1) is 0 Å². The van der Waals surface area contributed by atoms with Gasteiger partial charge in [-0.3, -0.25) is 0 Å². The first-order valence-electron chi connectivity index (χ1n) is 4.88. The Labute approximate surface area is 104 Å². The number of nitrogens with two attached hydrogens (primary N) is 1. The number of hydrogen-bond donors (Lipinski definition) is 1. The number of methoxy groups -OCH3 is 1. The molecule has 0 unspecified atom stereocenters. The number of carbonyl (C=O) groups excluding carboxylic acids is 1. The van der Waals surface area contributed by atoms with Crippen LogP contribution in [0.25, 0.3) is 0 Å². The molecule has 94 valence electrons. The van der Waals surface area contributed by atoms with Gasteiger partial charge in [-0.25, -0.2) is 4.79 Å². The number of amides is 1. The minimum atomic E-state index is -0.830. The molecular formula is C10H14ClN3O3. The lowest BCUT2D eigenvalue weighted by Gasteiger charge is -2.23. The summed E-state index contributed by atoms with van der Waals surface area (Å²) < 4.78 is 9.96. The molecule has 0 atom stereocenters. The van der Waals surface area contributed by atoms with Gasteiger partial charge in [0.25, 0.3) is 0 Å². The lowest BCUT2D eigenvalue weighted by Crippen LogP contribution is -2.33. The molecule has 1 aromatic heterocycles. The molecule has 1 rings (SSSR count). The monoisotopic (exact) mass is 259 g/mol. The first-order chi connectivity index (χ1) is 7.84. The quantitative estimate of drug-likeness (QED) is 0.886. The van der Waals surface area contributed by atoms with Crippen LogP contribution in [0.4, 0.5) is 4.79 Å². The van der Waals surface area contributed by atoms with Crippen LogP contribution in [-0.2, 0) is 11.2 Å². The Kier molecular flexibility index (Phi) is 4.11. The number of rotatable bonds is 4. The zero-order valence-electron chi connectivity index (χ0n) is 9.86. The van der Waals surface area contributed by atoms with Crippen LogP contribution >= 0.6 is 11.6 Å². The molecule has 7 heteroatoms. The molecule has 0 aliphatic heterocycles. The molecule has 0 fully saturated rings. The summed E-state index contributed by atoms with van der Waals surface area (Å²) >= 11 is 5.75. The third kappa shape index (κ3) is 4.07. The van der Waals surface area contributed by atoms with Crippen molar-refractivity contribution in [1.82, 2.24) is 10.2 Å². The van der Waals surface area contributed by atoms with E-state index in [1.165, 1.54) is 7.11 Å². The van der Waals surface area contributed by atoms with Gasteiger partial charge < -0.3 is 15.2 Å². The second-order valence-electron chi connectivity index (χ2n) is 4.05. The predicted octanol–water partition coefficient (Wildman–Crippen LogP) is 1.55.